The number of rotatable bonds is 5. The average molecular weight is 313 g/mol. The highest BCUT2D eigenvalue weighted by Gasteiger charge is 2.14. The molecule has 1 aromatic rings. The Kier molecular flexibility index (Phi) is 5.66. The molecule has 0 aliphatic carbocycles. The molecule has 0 aromatic heterocycles. The quantitative estimate of drug-likeness (QED) is 0.874. The lowest BCUT2D eigenvalue weighted by molar-refractivity contribution is -0.122. The van der Waals surface area contributed by atoms with E-state index in [0.29, 0.717) is 0 Å². The number of carbonyl (C=O) groups excluding carboxylic acids is 1. The van der Waals surface area contributed by atoms with Crippen molar-refractivity contribution in [2.75, 3.05) is 5.32 Å². The van der Waals surface area contributed by atoms with Crippen LogP contribution in [0.15, 0.2) is 22.7 Å². The second-order valence-electron chi connectivity index (χ2n) is 4.64. The highest BCUT2D eigenvalue weighted by atomic mass is 79.9. The van der Waals surface area contributed by atoms with Crippen LogP contribution in [-0.4, -0.2) is 18.0 Å². The second kappa shape index (κ2) is 6.78. The third kappa shape index (κ3) is 4.33. The molecule has 0 bridgehead atoms. The first-order chi connectivity index (χ1) is 8.43. The molecule has 2 atom stereocenters. The highest BCUT2D eigenvalue weighted by Crippen LogP contribution is 2.20. The van der Waals surface area contributed by atoms with E-state index in [1.807, 2.05) is 39.0 Å². The minimum absolute atomic E-state index is 0.0340. The summed E-state index contributed by atoms with van der Waals surface area (Å²) in [4.78, 5) is 11.9. The predicted octanol–water partition coefficient (Wildman–Crippen LogP) is 3.47. The molecule has 1 rings (SSSR count). The fourth-order valence-electron chi connectivity index (χ4n) is 1.56. The Balaban J connectivity index is 2.63. The van der Waals surface area contributed by atoms with Crippen molar-refractivity contribution in [2.45, 2.75) is 46.2 Å². The van der Waals surface area contributed by atoms with E-state index in [1.54, 1.807) is 0 Å². The van der Waals surface area contributed by atoms with Gasteiger partial charge in [0.05, 0.1) is 0 Å². The lowest BCUT2D eigenvalue weighted by atomic mass is 10.1. The summed E-state index contributed by atoms with van der Waals surface area (Å²) in [5.41, 5.74) is 2.11. The fraction of sp³-hybridized carbons (Fsp3) is 0.500. The summed E-state index contributed by atoms with van der Waals surface area (Å²) in [6, 6.07) is 5.95. The average Bonchev–Trinajstić information content (AvgIpc) is 2.32. The third-order valence-corrected chi connectivity index (χ3v) is 3.45. The first kappa shape index (κ1) is 15.0. The zero-order valence-electron chi connectivity index (χ0n) is 11.4. The van der Waals surface area contributed by atoms with Crippen LogP contribution in [0.3, 0.4) is 0 Å². The molecule has 0 saturated carbocycles. The number of hydrogen-bond donors (Lipinski definition) is 2. The Hall–Kier alpha value is -1.03. The molecular weight excluding hydrogens is 292 g/mol. The monoisotopic (exact) mass is 312 g/mol. The van der Waals surface area contributed by atoms with Gasteiger partial charge in [0.2, 0.25) is 5.91 Å². The third-order valence-electron chi connectivity index (χ3n) is 2.95. The van der Waals surface area contributed by atoms with Gasteiger partial charge in [0.15, 0.2) is 0 Å². The van der Waals surface area contributed by atoms with Gasteiger partial charge in [-0.1, -0.05) is 22.9 Å². The molecular formula is C14H21BrN2O. The molecule has 1 amide bonds. The van der Waals surface area contributed by atoms with Crippen molar-refractivity contribution in [2.24, 2.45) is 0 Å². The maximum atomic E-state index is 11.9. The number of nitrogens with one attached hydrogen (secondary N) is 2. The largest absolute Gasteiger partial charge is 0.374 e. The number of carbonyl (C=O) groups is 1. The molecule has 0 spiro atoms. The van der Waals surface area contributed by atoms with Gasteiger partial charge < -0.3 is 10.6 Å². The zero-order chi connectivity index (χ0) is 13.7. The summed E-state index contributed by atoms with van der Waals surface area (Å²) in [5, 5.41) is 6.20. The van der Waals surface area contributed by atoms with Crippen LogP contribution in [-0.2, 0) is 4.79 Å². The van der Waals surface area contributed by atoms with E-state index in [2.05, 4.69) is 33.5 Å². The maximum Gasteiger partial charge on any atom is 0.242 e. The Morgan fingerprint density at radius 1 is 1.39 bits per heavy atom. The van der Waals surface area contributed by atoms with Gasteiger partial charge in [-0.15, -0.1) is 0 Å². The number of amides is 1. The van der Waals surface area contributed by atoms with E-state index < -0.39 is 0 Å². The molecule has 2 unspecified atom stereocenters. The van der Waals surface area contributed by atoms with Crippen LogP contribution in [0.1, 0.15) is 32.8 Å². The number of aryl methyl sites for hydroxylation is 1. The Bertz CT molecular complexity index is 420. The van der Waals surface area contributed by atoms with Gasteiger partial charge in [0.1, 0.15) is 6.04 Å². The summed E-state index contributed by atoms with van der Waals surface area (Å²) in [6.45, 7) is 7.96. The minimum atomic E-state index is -0.237. The van der Waals surface area contributed by atoms with E-state index >= 15 is 0 Å². The first-order valence-electron chi connectivity index (χ1n) is 6.27. The summed E-state index contributed by atoms with van der Waals surface area (Å²) < 4.78 is 1.04. The topological polar surface area (TPSA) is 41.1 Å². The van der Waals surface area contributed by atoms with Crippen LogP contribution < -0.4 is 10.6 Å². The number of halogens is 1. The Morgan fingerprint density at radius 3 is 2.61 bits per heavy atom. The molecule has 0 heterocycles. The molecule has 18 heavy (non-hydrogen) atoms. The summed E-state index contributed by atoms with van der Waals surface area (Å²) in [7, 11) is 0. The van der Waals surface area contributed by atoms with Crippen LogP contribution in [0.25, 0.3) is 0 Å². The lowest BCUT2D eigenvalue weighted by Gasteiger charge is -2.19. The normalized spacial score (nSPS) is 13.8. The molecule has 1 aromatic carbocycles. The summed E-state index contributed by atoms with van der Waals surface area (Å²) in [6.07, 6.45) is 0.940. The number of anilines is 1. The highest BCUT2D eigenvalue weighted by molar-refractivity contribution is 9.10. The van der Waals surface area contributed by atoms with Gasteiger partial charge in [-0.3, -0.25) is 4.79 Å². The summed E-state index contributed by atoms with van der Waals surface area (Å²) in [5.74, 6) is 0.0340. The molecule has 4 heteroatoms. The van der Waals surface area contributed by atoms with Gasteiger partial charge >= 0.3 is 0 Å². The molecule has 0 fully saturated rings. The summed E-state index contributed by atoms with van der Waals surface area (Å²) >= 11 is 3.43. The maximum absolute atomic E-state index is 11.9. The van der Waals surface area contributed by atoms with Crippen molar-refractivity contribution in [1.29, 1.82) is 0 Å². The van der Waals surface area contributed by atoms with E-state index in [4.69, 9.17) is 0 Å². The van der Waals surface area contributed by atoms with E-state index in [0.717, 1.165) is 22.1 Å². The van der Waals surface area contributed by atoms with Crippen molar-refractivity contribution in [1.82, 2.24) is 5.32 Å². The van der Waals surface area contributed by atoms with Gasteiger partial charge in [-0.25, -0.2) is 0 Å². The van der Waals surface area contributed by atoms with E-state index in [1.165, 1.54) is 0 Å². The van der Waals surface area contributed by atoms with Crippen molar-refractivity contribution >= 4 is 27.5 Å². The van der Waals surface area contributed by atoms with Crippen molar-refractivity contribution in [3.05, 3.63) is 28.2 Å². The van der Waals surface area contributed by atoms with E-state index in [-0.39, 0.29) is 18.0 Å². The van der Waals surface area contributed by atoms with Gasteiger partial charge in [0.25, 0.3) is 0 Å². The fourth-order valence-corrected chi connectivity index (χ4v) is 2.03. The second-order valence-corrected chi connectivity index (χ2v) is 5.56. The molecule has 0 aliphatic rings. The Labute approximate surface area is 117 Å². The van der Waals surface area contributed by atoms with E-state index in [9.17, 15) is 4.79 Å². The predicted molar refractivity (Wildman–Crippen MR) is 79.9 cm³/mol. The lowest BCUT2D eigenvalue weighted by Crippen LogP contribution is -2.41. The Morgan fingerprint density at radius 2 is 2.06 bits per heavy atom. The molecule has 0 aliphatic heterocycles. The van der Waals surface area contributed by atoms with Crippen molar-refractivity contribution in [3.8, 4) is 0 Å². The molecule has 3 nitrogen and oxygen atoms in total. The van der Waals surface area contributed by atoms with Crippen LogP contribution in [0, 0.1) is 6.92 Å². The van der Waals surface area contributed by atoms with Crippen molar-refractivity contribution in [3.63, 3.8) is 0 Å². The van der Waals surface area contributed by atoms with Crippen LogP contribution in [0.4, 0.5) is 5.69 Å². The first-order valence-corrected chi connectivity index (χ1v) is 7.06. The molecule has 0 radical (unpaired) electrons. The van der Waals surface area contributed by atoms with Gasteiger partial charge in [0, 0.05) is 16.2 Å². The van der Waals surface area contributed by atoms with Crippen LogP contribution >= 0.6 is 15.9 Å². The van der Waals surface area contributed by atoms with Crippen LogP contribution in [0.2, 0.25) is 0 Å². The molecule has 0 saturated heterocycles. The molecule has 2 N–H and O–H groups in total. The smallest absolute Gasteiger partial charge is 0.242 e. The van der Waals surface area contributed by atoms with Gasteiger partial charge in [-0.05, 0) is 51.0 Å². The minimum Gasteiger partial charge on any atom is -0.374 e. The van der Waals surface area contributed by atoms with Crippen molar-refractivity contribution < 1.29 is 4.79 Å². The number of benzene rings is 1. The standard InChI is InChI=1S/C14H21BrN2O/c1-5-10(3)16-14(18)11(4)17-13-7-6-12(15)8-9(13)2/h6-8,10-11,17H,5H2,1-4H3,(H,16,18). The molecule has 100 valence electrons. The van der Waals surface area contributed by atoms with Gasteiger partial charge in [-0.2, -0.15) is 0 Å². The zero-order valence-corrected chi connectivity index (χ0v) is 13.0. The SMILES string of the molecule is CCC(C)NC(=O)C(C)Nc1ccc(Br)cc1C. The number of hydrogen-bond acceptors (Lipinski definition) is 2. The van der Waals surface area contributed by atoms with Crippen LogP contribution in [0.5, 0.6) is 0 Å².